The second-order valence-electron chi connectivity index (χ2n) is 9.15. The molecule has 0 aliphatic carbocycles. The summed E-state index contributed by atoms with van der Waals surface area (Å²) in [4.78, 5) is 29.8. The first kappa shape index (κ1) is 27.4. The zero-order chi connectivity index (χ0) is 28.8. The summed E-state index contributed by atoms with van der Waals surface area (Å²) >= 11 is 0. The predicted molar refractivity (Wildman–Crippen MR) is 148 cm³/mol. The van der Waals surface area contributed by atoms with Crippen LogP contribution in [0.5, 0.6) is 0 Å². The molecule has 13 heteroatoms. The number of aromatic nitrogens is 6. The second kappa shape index (κ2) is 11.9. The van der Waals surface area contributed by atoms with E-state index in [0.717, 1.165) is 30.7 Å². The maximum Gasteiger partial charge on any atom is 0.416 e. The lowest BCUT2D eigenvalue weighted by Crippen LogP contribution is -2.14. The number of nitrogens with zero attached hydrogens (tertiary/aromatic N) is 6. The van der Waals surface area contributed by atoms with Gasteiger partial charge in [0.2, 0.25) is 5.95 Å². The molecule has 0 saturated heterocycles. The summed E-state index contributed by atoms with van der Waals surface area (Å²) in [5.41, 5.74) is 0.926. The van der Waals surface area contributed by atoms with Crippen LogP contribution in [0.25, 0.3) is 5.82 Å². The van der Waals surface area contributed by atoms with Crippen LogP contribution in [0, 0.1) is 6.92 Å². The van der Waals surface area contributed by atoms with Crippen LogP contribution in [0.2, 0.25) is 0 Å². The van der Waals surface area contributed by atoms with Gasteiger partial charge >= 0.3 is 6.18 Å². The van der Waals surface area contributed by atoms with Gasteiger partial charge in [0.25, 0.3) is 5.91 Å². The number of hydrogen-bond donors (Lipinski definition) is 3. The average Bonchev–Trinajstić information content (AvgIpc) is 3.65. The van der Waals surface area contributed by atoms with Crippen LogP contribution in [-0.2, 0) is 12.7 Å². The van der Waals surface area contributed by atoms with Crippen molar-refractivity contribution in [2.45, 2.75) is 26.1 Å². The van der Waals surface area contributed by atoms with Crippen molar-refractivity contribution in [3.63, 3.8) is 0 Å². The average molecular weight is 562 g/mol. The third-order valence-corrected chi connectivity index (χ3v) is 6.19. The molecule has 5 aromatic rings. The highest BCUT2D eigenvalue weighted by atomic mass is 19.4. The molecule has 3 N–H and O–H groups in total. The van der Waals surface area contributed by atoms with Gasteiger partial charge in [-0.1, -0.05) is 12.1 Å². The Morgan fingerprint density at radius 1 is 1.00 bits per heavy atom. The molecule has 0 saturated carbocycles. The summed E-state index contributed by atoms with van der Waals surface area (Å²) in [5, 5.41) is 9.21. The van der Waals surface area contributed by atoms with Crippen molar-refractivity contribution in [2.24, 2.45) is 0 Å². The Bertz CT molecular complexity index is 1630. The lowest BCUT2D eigenvalue weighted by atomic mass is 10.1. The molecule has 0 aliphatic rings. The smallest absolute Gasteiger partial charge is 0.370 e. The molecule has 210 valence electrons. The highest BCUT2D eigenvalue weighted by molar-refractivity contribution is 6.04. The molecule has 2 aromatic carbocycles. The Hall–Kier alpha value is -5.20. The lowest BCUT2D eigenvalue weighted by Gasteiger charge is -2.14. The number of nitrogens with one attached hydrogen (secondary N) is 3. The summed E-state index contributed by atoms with van der Waals surface area (Å²) in [6.07, 6.45) is 6.62. The molecule has 0 unspecified atom stereocenters. The molecular formula is C28H26F3N9O. The largest absolute Gasteiger partial charge is 0.416 e. The maximum absolute atomic E-state index is 13.1. The molecule has 0 atom stereocenters. The molecular weight excluding hydrogens is 535 g/mol. The van der Waals surface area contributed by atoms with Crippen molar-refractivity contribution >= 4 is 29.0 Å². The number of alkyl halides is 3. The van der Waals surface area contributed by atoms with Gasteiger partial charge in [0.1, 0.15) is 18.0 Å². The molecule has 0 bridgehead atoms. The van der Waals surface area contributed by atoms with Gasteiger partial charge in [-0.2, -0.15) is 13.2 Å². The summed E-state index contributed by atoms with van der Waals surface area (Å²) in [7, 11) is 0. The van der Waals surface area contributed by atoms with E-state index in [2.05, 4.69) is 35.9 Å². The van der Waals surface area contributed by atoms with E-state index in [-0.39, 0.29) is 5.56 Å². The molecule has 10 nitrogen and oxygen atoms in total. The fraction of sp³-hybridized carbons (Fsp3) is 0.179. The topological polar surface area (TPSA) is 115 Å². The number of carbonyl (C=O) groups is 1. The SMILES string of the molecule is Cc1ccc(NC(=O)c2cccc(C(F)(F)F)c2)cc1Nc1nccn1-c1cc(NCCCn2ccnc2)ncn1. The third-order valence-electron chi connectivity index (χ3n) is 6.19. The minimum absolute atomic E-state index is 0.0969. The van der Waals surface area contributed by atoms with Crippen molar-refractivity contribution in [1.29, 1.82) is 0 Å². The molecule has 0 aliphatic heterocycles. The van der Waals surface area contributed by atoms with E-state index in [9.17, 15) is 18.0 Å². The van der Waals surface area contributed by atoms with Gasteiger partial charge in [0, 0.05) is 60.9 Å². The van der Waals surface area contributed by atoms with Gasteiger partial charge in [-0.25, -0.2) is 19.9 Å². The van der Waals surface area contributed by atoms with Crippen molar-refractivity contribution in [3.8, 4) is 5.82 Å². The van der Waals surface area contributed by atoms with Crippen molar-refractivity contribution in [3.05, 3.63) is 103 Å². The van der Waals surface area contributed by atoms with Crippen LogP contribution >= 0.6 is 0 Å². The quantitative estimate of drug-likeness (QED) is 0.188. The number of carbonyl (C=O) groups excluding carboxylic acids is 1. The number of aryl methyl sites for hydroxylation is 2. The number of halogens is 3. The number of imidazole rings is 2. The zero-order valence-corrected chi connectivity index (χ0v) is 21.9. The molecule has 0 fully saturated rings. The first-order valence-corrected chi connectivity index (χ1v) is 12.7. The summed E-state index contributed by atoms with van der Waals surface area (Å²) in [5.74, 6) is 1.07. The van der Waals surface area contributed by atoms with Crippen molar-refractivity contribution in [2.75, 3.05) is 22.5 Å². The number of amides is 1. The van der Waals surface area contributed by atoms with Crippen LogP contribution in [0.4, 0.5) is 36.3 Å². The Morgan fingerprint density at radius 2 is 1.88 bits per heavy atom. The van der Waals surface area contributed by atoms with E-state index in [4.69, 9.17) is 0 Å². The molecule has 0 spiro atoms. The Kier molecular flexibility index (Phi) is 7.94. The number of benzene rings is 2. The summed E-state index contributed by atoms with van der Waals surface area (Å²) in [6.45, 7) is 3.42. The monoisotopic (exact) mass is 561 g/mol. The fourth-order valence-electron chi connectivity index (χ4n) is 4.05. The summed E-state index contributed by atoms with van der Waals surface area (Å²) in [6, 6.07) is 11.2. The maximum atomic E-state index is 13.1. The Morgan fingerprint density at radius 3 is 2.68 bits per heavy atom. The number of rotatable bonds is 10. The third kappa shape index (κ3) is 6.87. The van der Waals surface area contributed by atoms with Gasteiger partial charge in [0.15, 0.2) is 0 Å². The number of hydrogen-bond acceptors (Lipinski definition) is 7. The molecule has 3 aromatic heterocycles. The van der Waals surface area contributed by atoms with Crippen molar-refractivity contribution < 1.29 is 18.0 Å². The normalized spacial score (nSPS) is 11.3. The van der Waals surface area contributed by atoms with Gasteiger partial charge < -0.3 is 20.5 Å². The number of anilines is 4. The van der Waals surface area contributed by atoms with Gasteiger partial charge in [-0.05, 0) is 49.2 Å². The van der Waals surface area contributed by atoms with E-state index in [1.807, 2.05) is 23.8 Å². The molecule has 5 rings (SSSR count). The van der Waals surface area contributed by atoms with Crippen molar-refractivity contribution in [1.82, 2.24) is 29.1 Å². The van der Waals surface area contributed by atoms with E-state index in [1.165, 1.54) is 18.5 Å². The second-order valence-corrected chi connectivity index (χ2v) is 9.15. The Labute approximate surface area is 233 Å². The van der Waals surface area contributed by atoms with E-state index in [0.29, 0.717) is 35.5 Å². The van der Waals surface area contributed by atoms with Crippen LogP contribution in [-0.4, -0.2) is 41.5 Å². The van der Waals surface area contributed by atoms with Gasteiger partial charge in [0.05, 0.1) is 11.9 Å². The van der Waals surface area contributed by atoms with E-state index < -0.39 is 17.6 Å². The summed E-state index contributed by atoms with van der Waals surface area (Å²) < 4.78 is 43.0. The first-order valence-electron chi connectivity index (χ1n) is 12.7. The van der Waals surface area contributed by atoms with Gasteiger partial charge in [-0.3, -0.25) is 9.36 Å². The highest BCUT2D eigenvalue weighted by Crippen LogP contribution is 2.30. The highest BCUT2D eigenvalue weighted by Gasteiger charge is 2.30. The predicted octanol–water partition coefficient (Wildman–Crippen LogP) is 5.68. The van der Waals surface area contributed by atoms with E-state index >= 15 is 0 Å². The van der Waals surface area contributed by atoms with Crippen LogP contribution in [0.3, 0.4) is 0 Å². The fourth-order valence-corrected chi connectivity index (χ4v) is 4.05. The molecule has 1 amide bonds. The lowest BCUT2D eigenvalue weighted by molar-refractivity contribution is -0.137. The molecule has 3 heterocycles. The minimum Gasteiger partial charge on any atom is -0.370 e. The van der Waals surface area contributed by atoms with Crippen LogP contribution < -0.4 is 16.0 Å². The molecule has 41 heavy (non-hydrogen) atoms. The van der Waals surface area contributed by atoms with Gasteiger partial charge in [-0.15, -0.1) is 0 Å². The zero-order valence-electron chi connectivity index (χ0n) is 21.9. The van der Waals surface area contributed by atoms with E-state index in [1.54, 1.807) is 47.7 Å². The van der Waals surface area contributed by atoms with Crippen LogP contribution in [0.15, 0.2) is 86.0 Å². The minimum atomic E-state index is -4.54. The molecule has 0 radical (unpaired) electrons. The first-order chi connectivity index (χ1) is 19.8. The Balaban J connectivity index is 1.27. The standard InChI is InChI=1S/C28H26F3N9O/c1-19-6-7-22(37-26(41)20-4-2-5-21(14-20)28(29,30)31)15-23(19)38-27-34-10-13-40(27)25-16-24(35-17-36-25)33-8-3-11-39-12-9-32-18-39/h2,4-7,9-10,12-18H,3,8,11H2,1H3,(H,34,38)(H,37,41)(H,33,35,36). The van der Waals surface area contributed by atoms with Crippen LogP contribution in [0.1, 0.15) is 27.9 Å².